The van der Waals surface area contributed by atoms with Gasteiger partial charge in [0.1, 0.15) is 0 Å². The highest BCUT2D eigenvalue weighted by Crippen LogP contribution is 2.24. The second-order valence-electron chi connectivity index (χ2n) is 7.04. The molecule has 0 aliphatic carbocycles. The van der Waals surface area contributed by atoms with Crippen molar-refractivity contribution in [1.82, 2.24) is 20.4 Å². The summed E-state index contributed by atoms with van der Waals surface area (Å²) in [6.45, 7) is 1.96. The first kappa shape index (κ1) is 22.1. The van der Waals surface area contributed by atoms with Gasteiger partial charge in [-0.2, -0.15) is 5.10 Å². The summed E-state index contributed by atoms with van der Waals surface area (Å²) >= 11 is 3.38. The largest absolute Gasteiger partial charge is 0.339 e. The Bertz CT molecular complexity index is 1280. The van der Waals surface area contributed by atoms with Crippen molar-refractivity contribution >= 4 is 45.5 Å². The zero-order valence-electron chi connectivity index (χ0n) is 17.7. The Morgan fingerprint density at radius 2 is 1.91 bits per heavy atom. The summed E-state index contributed by atoms with van der Waals surface area (Å²) in [5.41, 5.74) is 7.34. The number of hydrazone groups is 1. The van der Waals surface area contributed by atoms with Crippen molar-refractivity contribution in [3.63, 3.8) is 0 Å². The van der Waals surface area contributed by atoms with E-state index >= 15 is 0 Å². The molecule has 4 aromatic rings. The quantitative estimate of drug-likeness (QED) is 0.238. The molecule has 33 heavy (non-hydrogen) atoms. The smallest absolute Gasteiger partial charge is 0.324 e. The molecule has 0 saturated carbocycles. The van der Waals surface area contributed by atoms with Crippen LogP contribution in [0.2, 0.25) is 0 Å². The minimum atomic E-state index is -0.451. The number of pyridine rings is 1. The number of carbonyl (C=O) groups excluding carboxylic acids is 1. The van der Waals surface area contributed by atoms with Crippen LogP contribution in [0.25, 0.3) is 11.3 Å². The Balaban J connectivity index is 1.41. The van der Waals surface area contributed by atoms with Crippen LogP contribution in [-0.2, 0) is 0 Å². The third-order valence-electron chi connectivity index (χ3n) is 4.60. The minimum absolute atomic E-state index is 0.445. The van der Waals surface area contributed by atoms with Crippen LogP contribution in [0.3, 0.4) is 0 Å². The summed E-state index contributed by atoms with van der Waals surface area (Å²) in [6, 6.07) is 18.3. The molecule has 3 N–H and O–H groups in total. The van der Waals surface area contributed by atoms with E-state index in [9.17, 15) is 4.79 Å². The number of hydrogen-bond acceptors (Lipinski definition) is 6. The fourth-order valence-corrected chi connectivity index (χ4v) is 3.19. The average Bonchev–Trinajstić information content (AvgIpc) is 2.83. The molecule has 164 valence electrons. The van der Waals surface area contributed by atoms with Crippen LogP contribution in [0.4, 0.5) is 22.1 Å². The molecular formula is C24H20BrN7O. The van der Waals surface area contributed by atoms with E-state index in [-0.39, 0.29) is 0 Å². The maximum absolute atomic E-state index is 12.2. The van der Waals surface area contributed by atoms with Gasteiger partial charge in [0.05, 0.1) is 11.9 Å². The van der Waals surface area contributed by atoms with Gasteiger partial charge in [0, 0.05) is 40.0 Å². The Morgan fingerprint density at radius 3 is 2.70 bits per heavy atom. The van der Waals surface area contributed by atoms with Crippen LogP contribution >= 0.6 is 15.9 Å². The molecule has 8 nitrogen and oxygen atoms in total. The van der Waals surface area contributed by atoms with Crippen molar-refractivity contribution in [2.24, 2.45) is 5.10 Å². The summed E-state index contributed by atoms with van der Waals surface area (Å²) in [4.78, 5) is 25.2. The molecule has 0 aliphatic rings. The van der Waals surface area contributed by atoms with Crippen molar-refractivity contribution in [2.45, 2.75) is 6.92 Å². The van der Waals surface area contributed by atoms with Crippen molar-refractivity contribution < 1.29 is 4.79 Å². The second kappa shape index (κ2) is 10.5. The average molecular weight is 502 g/mol. The maximum atomic E-state index is 12.2. The Kier molecular flexibility index (Phi) is 7.01. The lowest BCUT2D eigenvalue weighted by atomic mass is 10.2. The molecule has 0 fully saturated rings. The Hall–Kier alpha value is -4.11. The number of halogens is 1. The van der Waals surface area contributed by atoms with Gasteiger partial charge in [0.25, 0.3) is 0 Å². The molecule has 2 heterocycles. The van der Waals surface area contributed by atoms with Gasteiger partial charge in [0.2, 0.25) is 5.95 Å². The van der Waals surface area contributed by atoms with E-state index in [1.807, 2.05) is 67.6 Å². The van der Waals surface area contributed by atoms with Crippen LogP contribution in [0.1, 0.15) is 11.1 Å². The number of nitrogens with one attached hydrogen (secondary N) is 3. The summed E-state index contributed by atoms with van der Waals surface area (Å²) in [5.74, 6) is 0.445. The molecule has 0 spiro atoms. The van der Waals surface area contributed by atoms with E-state index in [1.54, 1.807) is 24.8 Å². The molecule has 9 heteroatoms. The Morgan fingerprint density at radius 1 is 1.06 bits per heavy atom. The van der Waals surface area contributed by atoms with Gasteiger partial charge >= 0.3 is 6.03 Å². The maximum Gasteiger partial charge on any atom is 0.339 e. The van der Waals surface area contributed by atoms with E-state index in [1.165, 1.54) is 0 Å². The van der Waals surface area contributed by atoms with Crippen LogP contribution < -0.4 is 16.1 Å². The van der Waals surface area contributed by atoms with Gasteiger partial charge in [-0.05, 0) is 60.5 Å². The third kappa shape index (κ3) is 6.20. The number of carbonyl (C=O) groups is 1. The van der Waals surface area contributed by atoms with E-state index in [4.69, 9.17) is 0 Å². The highest BCUT2D eigenvalue weighted by Gasteiger charge is 2.07. The summed E-state index contributed by atoms with van der Waals surface area (Å²) < 4.78 is 0.975. The molecule has 0 unspecified atom stereocenters. The van der Waals surface area contributed by atoms with E-state index < -0.39 is 6.03 Å². The number of urea groups is 1. The van der Waals surface area contributed by atoms with Crippen LogP contribution in [-0.4, -0.2) is 27.2 Å². The number of hydrogen-bond donors (Lipinski definition) is 3. The predicted octanol–water partition coefficient (Wildman–Crippen LogP) is 5.51. The van der Waals surface area contributed by atoms with Crippen molar-refractivity contribution in [3.8, 4) is 11.3 Å². The standard InChI is InChI=1S/C24H20BrN7O/c1-16-4-9-20(29-24(33)32-28-14-17-5-7-19(25)8-6-17)13-22(16)31-23-27-12-10-21(30-23)18-3-2-11-26-15-18/h2-15H,1H3,(H,27,30,31)(H2,29,32,33)/b28-14+. The lowest BCUT2D eigenvalue weighted by molar-refractivity contribution is 0.252. The summed E-state index contributed by atoms with van der Waals surface area (Å²) in [5, 5.41) is 9.96. The predicted molar refractivity (Wildman–Crippen MR) is 134 cm³/mol. The summed E-state index contributed by atoms with van der Waals surface area (Å²) in [7, 11) is 0. The van der Waals surface area contributed by atoms with Crippen LogP contribution in [0, 0.1) is 6.92 Å². The SMILES string of the molecule is Cc1ccc(NC(=O)N/N=C/c2ccc(Br)cc2)cc1Nc1nccc(-c2cccnc2)n1. The van der Waals surface area contributed by atoms with E-state index in [0.717, 1.165) is 32.5 Å². The number of rotatable bonds is 6. The van der Waals surface area contributed by atoms with Crippen molar-refractivity contribution in [2.75, 3.05) is 10.6 Å². The molecule has 0 radical (unpaired) electrons. The molecule has 0 bridgehead atoms. The van der Waals surface area contributed by atoms with Crippen LogP contribution in [0.5, 0.6) is 0 Å². The Labute approximate surface area is 199 Å². The number of anilines is 3. The van der Waals surface area contributed by atoms with Gasteiger partial charge in [-0.1, -0.05) is 34.1 Å². The van der Waals surface area contributed by atoms with Crippen molar-refractivity contribution in [1.29, 1.82) is 0 Å². The topological polar surface area (TPSA) is 104 Å². The summed E-state index contributed by atoms with van der Waals surface area (Å²) in [6.07, 6.45) is 6.72. The van der Waals surface area contributed by atoms with Gasteiger partial charge in [0.15, 0.2) is 0 Å². The lowest BCUT2D eigenvalue weighted by Gasteiger charge is -2.12. The van der Waals surface area contributed by atoms with E-state index in [0.29, 0.717) is 11.6 Å². The number of aromatic nitrogens is 3. The number of benzene rings is 2. The highest BCUT2D eigenvalue weighted by atomic mass is 79.9. The monoisotopic (exact) mass is 501 g/mol. The minimum Gasteiger partial charge on any atom is -0.324 e. The van der Waals surface area contributed by atoms with Gasteiger partial charge in [-0.25, -0.2) is 20.2 Å². The molecule has 2 aromatic carbocycles. The first-order valence-corrected chi connectivity index (χ1v) is 10.8. The number of aryl methyl sites for hydroxylation is 1. The van der Waals surface area contributed by atoms with Gasteiger partial charge < -0.3 is 10.6 Å². The van der Waals surface area contributed by atoms with Crippen molar-refractivity contribution in [3.05, 3.63) is 94.9 Å². The molecule has 4 rings (SSSR count). The third-order valence-corrected chi connectivity index (χ3v) is 5.13. The molecule has 2 amide bonds. The van der Waals surface area contributed by atoms with Crippen LogP contribution in [0.15, 0.2) is 88.8 Å². The molecular weight excluding hydrogens is 482 g/mol. The molecule has 0 aliphatic heterocycles. The fourth-order valence-electron chi connectivity index (χ4n) is 2.92. The highest BCUT2D eigenvalue weighted by molar-refractivity contribution is 9.10. The number of nitrogens with zero attached hydrogens (tertiary/aromatic N) is 4. The second-order valence-corrected chi connectivity index (χ2v) is 7.95. The normalized spacial score (nSPS) is 10.7. The lowest BCUT2D eigenvalue weighted by Crippen LogP contribution is -2.24. The molecule has 0 atom stereocenters. The zero-order chi connectivity index (χ0) is 23.0. The first-order valence-electron chi connectivity index (χ1n) is 10.0. The molecule has 0 saturated heterocycles. The van der Waals surface area contributed by atoms with Gasteiger partial charge in [-0.3, -0.25) is 4.98 Å². The number of amides is 2. The molecule has 2 aromatic heterocycles. The van der Waals surface area contributed by atoms with Gasteiger partial charge in [-0.15, -0.1) is 0 Å². The first-order chi connectivity index (χ1) is 16.1. The zero-order valence-corrected chi connectivity index (χ0v) is 19.2. The van der Waals surface area contributed by atoms with E-state index in [2.05, 4.69) is 52.0 Å². The fraction of sp³-hybridized carbons (Fsp3) is 0.0417.